The molecule has 1 aliphatic rings. The number of hydrogen-bond donors (Lipinski definition) is 2. The van der Waals surface area contributed by atoms with E-state index in [0.717, 1.165) is 6.42 Å². The number of rotatable bonds is 6. The zero-order valence-corrected chi connectivity index (χ0v) is 14.1. The van der Waals surface area contributed by atoms with Gasteiger partial charge in [0, 0.05) is 24.5 Å². The fourth-order valence-corrected chi connectivity index (χ4v) is 3.67. The summed E-state index contributed by atoms with van der Waals surface area (Å²) in [6, 6.07) is 2.17. The molecule has 1 aliphatic carbocycles. The molecular formula is C16H26N2O2S. The highest BCUT2D eigenvalue weighted by atomic mass is 32.1. The van der Waals surface area contributed by atoms with Crippen LogP contribution >= 0.6 is 11.3 Å². The molecule has 0 saturated heterocycles. The van der Waals surface area contributed by atoms with Gasteiger partial charge in [0.25, 0.3) is 0 Å². The van der Waals surface area contributed by atoms with Crippen LogP contribution in [0.25, 0.3) is 0 Å². The third kappa shape index (κ3) is 3.00. The first-order chi connectivity index (χ1) is 9.81. The summed E-state index contributed by atoms with van der Waals surface area (Å²) in [6.07, 6.45) is 1.48. The second-order valence-electron chi connectivity index (χ2n) is 6.55. The lowest BCUT2D eigenvalue weighted by molar-refractivity contribution is -0.171. The average molecular weight is 310 g/mol. The van der Waals surface area contributed by atoms with Crippen LogP contribution in [-0.2, 0) is 16.0 Å². The van der Waals surface area contributed by atoms with Gasteiger partial charge < -0.3 is 15.8 Å². The molecule has 0 bridgehead atoms. The minimum atomic E-state index is -0.838. The van der Waals surface area contributed by atoms with Crippen LogP contribution in [0.3, 0.4) is 0 Å². The summed E-state index contributed by atoms with van der Waals surface area (Å²) in [5, 5.41) is 7.23. The first-order valence-electron chi connectivity index (χ1n) is 7.53. The maximum atomic E-state index is 12.6. The van der Waals surface area contributed by atoms with E-state index < -0.39 is 5.54 Å². The summed E-state index contributed by atoms with van der Waals surface area (Å²) in [7, 11) is 0. The Hall–Kier alpha value is -0.910. The number of ether oxygens (including phenoxy) is 1. The number of nitrogens with two attached hydrogens (primary N) is 1. The Bertz CT molecular complexity index is 486. The van der Waals surface area contributed by atoms with Gasteiger partial charge in [-0.15, -0.1) is 0 Å². The summed E-state index contributed by atoms with van der Waals surface area (Å²) in [5.74, 6) is -0.0637. The van der Waals surface area contributed by atoms with Crippen molar-refractivity contribution in [1.29, 1.82) is 0 Å². The van der Waals surface area contributed by atoms with Crippen LogP contribution in [0, 0.1) is 5.41 Å². The second-order valence-corrected chi connectivity index (χ2v) is 7.33. The van der Waals surface area contributed by atoms with Crippen molar-refractivity contribution in [3.63, 3.8) is 0 Å². The van der Waals surface area contributed by atoms with Crippen LogP contribution in [0.5, 0.6) is 0 Å². The Morgan fingerprint density at radius 3 is 2.86 bits per heavy atom. The molecule has 1 amide bonds. The van der Waals surface area contributed by atoms with Gasteiger partial charge >= 0.3 is 0 Å². The van der Waals surface area contributed by atoms with Gasteiger partial charge in [-0.1, -0.05) is 13.8 Å². The summed E-state index contributed by atoms with van der Waals surface area (Å²) in [5.41, 5.74) is 6.45. The van der Waals surface area contributed by atoms with Crippen molar-refractivity contribution in [2.75, 3.05) is 6.61 Å². The number of nitrogens with one attached hydrogen (secondary N) is 1. The van der Waals surface area contributed by atoms with Gasteiger partial charge in [0.15, 0.2) is 0 Å². The van der Waals surface area contributed by atoms with Crippen molar-refractivity contribution >= 4 is 17.2 Å². The molecule has 3 unspecified atom stereocenters. The molecule has 3 N–H and O–H groups in total. The van der Waals surface area contributed by atoms with E-state index in [-0.39, 0.29) is 23.5 Å². The highest BCUT2D eigenvalue weighted by Gasteiger charge is 2.62. The quantitative estimate of drug-likeness (QED) is 0.847. The van der Waals surface area contributed by atoms with Gasteiger partial charge in [-0.25, -0.2) is 0 Å². The minimum absolute atomic E-state index is 0.0606. The van der Waals surface area contributed by atoms with Crippen molar-refractivity contribution in [3.8, 4) is 0 Å². The lowest BCUT2D eigenvalue weighted by Gasteiger charge is -2.57. The molecular weight excluding hydrogens is 284 g/mol. The predicted octanol–water partition coefficient (Wildman–Crippen LogP) is 2.33. The molecule has 0 radical (unpaired) electrons. The third-order valence-corrected chi connectivity index (χ3v) is 5.47. The smallest absolute Gasteiger partial charge is 0.241 e. The molecule has 1 fully saturated rings. The Morgan fingerprint density at radius 1 is 1.62 bits per heavy atom. The average Bonchev–Trinajstić information content (AvgIpc) is 2.90. The molecule has 0 aliphatic heterocycles. The molecule has 3 atom stereocenters. The van der Waals surface area contributed by atoms with E-state index in [1.807, 2.05) is 27.7 Å². The van der Waals surface area contributed by atoms with Crippen LogP contribution in [0.4, 0.5) is 0 Å². The molecule has 2 rings (SSSR count). The fraction of sp³-hybridized carbons (Fsp3) is 0.688. The van der Waals surface area contributed by atoms with E-state index in [4.69, 9.17) is 10.5 Å². The van der Waals surface area contributed by atoms with Gasteiger partial charge in [-0.2, -0.15) is 11.3 Å². The van der Waals surface area contributed by atoms with E-state index in [1.54, 1.807) is 11.3 Å². The van der Waals surface area contributed by atoms with Crippen molar-refractivity contribution in [3.05, 3.63) is 22.4 Å². The lowest BCUT2D eigenvalue weighted by Crippen LogP contribution is -2.76. The molecule has 0 aromatic carbocycles. The van der Waals surface area contributed by atoms with Crippen LogP contribution in [0.15, 0.2) is 16.8 Å². The fourth-order valence-electron chi connectivity index (χ4n) is 2.99. The number of hydrogen-bond acceptors (Lipinski definition) is 4. The molecule has 1 heterocycles. The predicted molar refractivity (Wildman–Crippen MR) is 86.4 cm³/mol. The van der Waals surface area contributed by atoms with E-state index in [1.165, 1.54) is 5.56 Å². The zero-order chi connectivity index (χ0) is 15.7. The van der Waals surface area contributed by atoms with Gasteiger partial charge in [0.2, 0.25) is 5.91 Å². The summed E-state index contributed by atoms with van der Waals surface area (Å²) < 4.78 is 5.67. The Balaban J connectivity index is 1.94. The Morgan fingerprint density at radius 2 is 2.33 bits per heavy atom. The molecule has 1 saturated carbocycles. The zero-order valence-electron chi connectivity index (χ0n) is 13.3. The van der Waals surface area contributed by atoms with Crippen molar-refractivity contribution in [2.24, 2.45) is 11.1 Å². The third-order valence-electron chi connectivity index (χ3n) is 4.73. The number of amides is 1. The maximum absolute atomic E-state index is 12.6. The van der Waals surface area contributed by atoms with Crippen LogP contribution < -0.4 is 11.1 Å². The maximum Gasteiger partial charge on any atom is 0.241 e. The molecule has 21 heavy (non-hydrogen) atoms. The van der Waals surface area contributed by atoms with Crippen LogP contribution in [-0.4, -0.2) is 30.2 Å². The molecule has 1 aromatic rings. The summed E-state index contributed by atoms with van der Waals surface area (Å²) in [6.45, 7) is 8.67. The van der Waals surface area contributed by atoms with E-state index in [9.17, 15) is 4.79 Å². The highest BCUT2D eigenvalue weighted by molar-refractivity contribution is 7.07. The van der Waals surface area contributed by atoms with E-state index >= 15 is 0 Å². The van der Waals surface area contributed by atoms with Gasteiger partial charge in [-0.05, 0) is 42.7 Å². The highest BCUT2D eigenvalue weighted by Crippen LogP contribution is 2.49. The van der Waals surface area contributed by atoms with Crippen LogP contribution in [0.2, 0.25) is 0 Å². The normalized spacial score (nSPS) is 28.7. The monoisotopic (exact) mass is 310 g/mol. The Labute approximate surface area is 131 Å². The number of carbonyl (C=O) groups excluding carboxylic acids is 1. The van der Waals surface area contributed by atoms with Gasteiger partial charge in [-0.3, -0.25) is 4.79 Å². The summed E-state index contributed by atoms with van der Waals surface area (Å²) in [4.78, 5) is 12.6. The first kappa shape index (κ1) is 16.5. The SMILES string of the molecule is CCOC1CC(N)(C(=O)NC(C)Cc2ccsc2)C1(C)C. The van der Waals surface area contributed by atoms with Gasteiger partial charge in [0.05, 0.1) is 6.10 Å². The molecule has 1 aromatic heterocycles. The second kappa shape index (κ2) is 6.07. The largest absolute Gasteiger partial charge is 0.378 e. The van der Waals surface area contributed by atoms with Gasteiger partial charge in [0.1, 0.15) is 5.54 Å². The minimum Gasteiger partial charge on any atom is -0.378 e. The lowest BCUT2D eigenvalue weighted by atomic mass is 9.54. The van der Waals surface area contributed by atoms with Crippen LogP contribution in [0.1, 0.15) is 39.7 Å². The molecule has 4 nitrogen and oxygen atoms in total. The van der Waals surface area contributed by atoms with E-state index in [0.29, 0.717) is 13.0 Å². The van der Waals surface area contributed by atoms with Crippen molar-refractivity contribution in [2.45, 2.75) is 58.2 Å². The van der Waals surface area contributed by atoms with E-state index in [2.05, 4.69) is 22.1 Å². The standard InChI is InChI=1S/C16H26N2O2S/c1-5-20-13-9-16(17,15(13,3)4)14(19)18-11(2)8-12-6-7-21-10-12/h6-7,10-11,13H,5,8-9,17H2,1-4H3,(H,18,19). The Kier molecular flexibility index (Phi) is 4.76. The van der Waals surface area contributed by atoms with Crippen molar-refractivity contribution in [1.82, 2.24) is 5.32 Å². The molecule has 0 spiro atoms. The molecule has 118 valence electrons. The molecule has 5 heteroatoms. The topological polar surface area (TPSA) is 64.3 Å². The number of carbonyl (C=O) groups is 1. The van der Waals surface area contributed by atoms with Crippen molar-refractivity contribution < 1.29 is 9.53 Å². The number of thiophene rings is 1. The summed E-state index contributed by atoms with van der Waals surface area (Å²) >= 11 is 1.67. The first-order valence-corrected chi connectivity index (χ1v) is 8.48.